The maximum absolute atomic E-state index is 12.1. The number of benzene rings is 1. The van der Waals surface area contributed by atoms with E-state index in [9.17, 15) is 8.42 Å². The summed E-state index contributed by atoms with van der Waals surface area (Å²) in [6, 6.07) is 13.6. The summed E-state index contributed by atoms with van der Waals surface area (Å²) in [4.78, 5) is 5.44. The number of hydrogen-bond acceptors (Lipinski definition) is 4. The molecule has 1 aromatic carbocycles. The highest BCUT2D eigenvalue weighted by Crippen LogP contribution is 2.19. The van der Waals surface area contributed by atoms with E-state index in [1.165, 1.54) is 4.88 Å². The van der Waals surface area contributed by atoms with Gasteiger partial charge in [-0.1, -0.05) is 43.3 Å². The first-order valence-corrected chi connectivity index (χ1v) is 11.0. The second-order valence-corrected chi connectivity index (χ2v) is 8.83. The third-order valence-electron chi connectivity index (χ3n) is 3.83. The third-order valence-corrected chi connectivity index (χ3v) is 6.26. The Kier molecular flexibility index (Phi) is 10.9. The van der Waals surface area contributed by atoms with E-state index in [0.29, 0.717) is 18.4 Å². The van der Waals surface area contributed by atoms with Gasteiger partial charge in [0.1, 0.15) is 0 Å². The number of halogens is 1. The van der Waals surface area contributed by atoms with Gasteiger partial charge in [-0.25, -0.2) is 13.1 Å². The first-order chi connectivity index (χ1) is 12.5. The summed E-state index contributed by atoms with van der Waals surface area (Å²) in [5, 5.41) is 8.34. The zero-order chi connectivity index (χ0) is 18.8. The minimum Gasteiger partial charge on any atom is -0.356 e. The first-order valence-electron chi connectivity index (χ1n) is 8.49. The summed E-state index contributed by atoms with van der Waals surface area (Å²) in [7, 11) is -1.67. The number of nitrogens with one attached hydrogen (secondary N) is 3. The van der Waals surface area contributed by atoms with Gasteiger partial charge in [0.25, 0.3) is 0 Å². The summed E-state index contributed by atoms with van der Waals surface area (Å²) in [5.41, 5.74) is 0.934. The van der Waals surface area contributed by atoms with Crippen LogP contribution in [0, 0.1) is 0 Å². The molecule has 2 rings (SSSR count). The molecular formula is C18H27IN4O2S2. The maximum Gasteiger partial charge on any atom is 0.213 e. The van der Waals surface area contributed by atoms with Crippen molar-refractivity contribution in [3.8, 4) is 0 Å². The predicted octanol–water partition coefficient (Wildman–Crippen LogP) is 2.75. The van der Waals surface area contributed by atoms with Gasteiger partial charge in [-0.3, -0.25) is 4.99 Å². The summed E-state index contributed by atoms with van der Waals surface area (Å²) in [5.74, 6) is 0.956. The zero-order valence-electron chi connectivity index (χ0n) is 15.5. The lowest BCUT2D eigenvalue weighted by atomic mass is 10.1. The highest BCUT2D eigenvalue weighted by atomic mass is 127. The monoisotopic (exact) mass is 522 g/mol. The van der Waals surface area contributed by atoms with Gasteiger partial charge in [-0.15, -0.1) is 35.3 Å². The second kappa shape index (κ2) is 12.3. The molecule has 0 saturated carbocycles. The number of rotatable bonds is 9. The van der Waals surface area contributed by atoms with Gasteiger partial charge in [-0.2, -0.15) is 0 Å². The van der Waals surface area contributed by atoms with Crippen LogP contribution in [0.4, 0.5) is 0 Å². The average molecular weight is 522 g/mol. The Hall–Kier alpha value is -1.17. The highest BCUT2D eigenvalue weighted by Gasteiger charge is 2.11. The molecular weight excluding hydrogens is 495 g/mol. The van der Waals surface area contributed by atoms with Crippen molar-refractivity contribution in [3.63, 3.8) is 0 Å². The largest absolute Gasteiger partial charge is 0.356 e. The van der Waals surface area contributed by atoms with Crippen LogP contribution < -0.4 is 15.4 Å². The predicted molar refractivity (Wildman–Crippen MR) is 125 cm³/mol. The maximum atomic E-state index is 12.1. The molecule has 1 atom stereocenters. The van der Waals surface area contributed by atoms with Crippen molar-refractivity contribution < 1.29 is 8.42 Å². The smallest absolute Gasteiger partial charge is 0.213 e. The first kappa shape index (κ1) is 23.9. The van der Waals surface area contributed by atoms with Gasteiger partial charge in [0.2, 0.25) is 10.0 Å². The Morgan fingerprint density at radius 2 is 1.89 bits per heavy atom. The quantitative estimate of drug-likeness (QED) is 0.269. The molecule has 1 unspecified atom stereocenters. The minimum absolute atomic E-state index is 0. The zero-order valence-corrected chi connectivity index (χ0v) is 19.5. The van der Waals surface area contributed by atoms with Gasteiger partial charge in [-0.05, 0) is 17.0 Å². The molecule has 0 radical (unpaired) electrons. The van der Waals surface area contributed by atoms with Gasteiger partial charge < -0.3 is 10.6 Å². The molecule has 0 aliphatic rings. The standard InChI is InChI=1S/C18H26N4O2S2.HI/c1-15(17-9-6-11-25-17)13-21-18(19-2)20-10-12-26(23,24)22-14-16-7-4-3-5-8-16;/h3-9,11,15,22H,10,12-14H2,1-2H3,(H2,19,20,21);1H. The van der Waals surface area contributed by atoms with Crippen LogP contribution in [-0.2, 0) is 16.6 Å². The van der Waals surface area contributed by atoms with E-state index in [1.54, 1.807) is 18.4 Å². The minimum atomic E-state index is -3.34. The van der Waals surface area contributed by atoms with Gasteiger partial charge in [0, 0.05) is 37.5 Å². The van der Waals surface area contributed by atoms with Gasteiger partial charge >= 0.3 is 0 Å². The summed E-state index contributed by atoms with van der Waals surface area (Å²) in [6.07, 6.45) is 0. The van der Waals surface area contributed by atoms with E-state index in [0.717, 1.165) is 12.1 Å². The molecule has 0 aliphatic carbocycles. The fraction of sp³-hybridized carbons (Fsp3) is 0.389. The lowest BCUT2D eigenvalue weighted by Crippen LogP contribution is -2.42. The van der Waals surface area contributed by atoms with Crippen molar-refractivity contribution in [3.05, 3.63) is 58.3 Å². The fourth-order valence-corrected chi connectivity index (χ4v) is 4.00. The van der Waals surface area contributed by atoms with Crippen molar-refractivity contribution in [2.45, 2.75) is 19.4 Å². The Morgan fingerprint density at radius 1 is 1.15 bits per heavy atom. The van der Waals surface area contributed by atoms with Crippen molar-refractivity contribution in [1.82, 2.24) is 15.4 Å². The number of thiophene rings is 1. The molecule has 0 fully saturated rings. The van der Waals surface area contributed by atoms with E-state index in [4.69, 9.17) is 0 Å². The Labute approximate surface area is 182 Å². The number of sulfonamides is 1. The van der Waals surface area contributed by atoms with E-state index < -0.39 is 10.0 Å². The summed E-state index contributed by atoms with van der Waals surface area (Å²) in [6.45, 7) is 3.47. The van der Waals surface area contributed by atoms with Crippen LogP contribution in [0.2, 0.25) is 0 Å². The lowest BCUT2D eigenvalue weighted by Gasteiger charge is -2.15. The Morgan fingerprint density at radius 3 is 2.52 bits per heavy atom. The van der Waals surface area contributed by atoms with Crippen LogP contribution in [0.3, 0.4) is 0 Å². The van der Waals surface area contributed by atoms with Gasteiger partial charge in [0.05, 0.1) is 5.75 Å². The molecule has 0 amide bonds. The molecule has 2 aromatic rings. The van der Waals surface area contributed by atoms with Crippen LogP contribution in [-0.4, -0.2) is 40.3 Å². The molecule has 1 heterocycles. The number of hydrogen-bond donors (Lipinski definition) is 3. The van der Waals surface area contributed by atoms with Crippen LogP contribution in [0.25, 0.3) is 0 Å². The van der Waals surface area contributed by atoms with E-state index >= 15 is 0 Å². The molecule has 0 aliphatic heterocycles. The molecule has 0 saturated heterocycles. The number of nitrogens with zero attached hydrogens (tertiary/aromatic N) is 1. The number of guanidine groups is 1. The fourth-order valence-electron chi connectivity index (χ4n) is 2.31. The second-order valence-electron chi connectivity index (χ2n) is 5.92. The molecule has 3 N–H and O–H groups in total. The molecule has 27 heavy (non-hydrogen) atoms. The molecule has 1 aromatic heterocycles. The van der Waals surface area contributed by atoms with Gasteiger partial charge in [0.15, 0.2) is 5.96 Å². The Balaban J connectivity index is 0.00000364. The van der Waals surface area contributed by atoms with Crippen molar-refractivity contribution in [1.29, 1.82) is 0 Å². The van der Waals surface area contributed by atoms with Crippen molar-refractivity contribution in [2.24, 2.45) is 4.99 Å². The SMILES string of the molecule is CN=C(NCCS(=O)(=O)NCc1ccccc1)NCC(C)c1cccs1.I. The third kappa shape index (κ3) is 9.04. The van der Waals surface area contributed by atoms with E-state index in [1.807, 2.05) is 36.4 Å². The number of aliphatic imine (C=N–C) groups is 1. The van der Waals surface area contributed by atoms with E-state index in [2.05, 4.69) is 38.7 Å². The molecule has 9 heteroatoms. The molecule has 150 valence electrons. The molecule has 0 bridgehead atoms. The lowest BCUT2D eigenvalue weighted by molar-refractivity contribution is 0.579. The molecule has 0 spiro atoms. The van der Waals surface area contributed by atoms with Crippen LogP contribution in [0.1, 0.15) is 23.3 Å². The molecule has 6 nitrogen and oxygen atoms in total. The van der Waals surface area contributed by atoms with Crippen LogP contribution in [0.15, 0.2) is 52.8 Å². The average Bonchev–Trinajstić information content (AvgIpc) is 3.18. The van der Waals surface area contributed by atoms with Crippen molar-refractivity contribution in [2.75, 3.05) is 25.9 Å². The Bertz CT molecular complexity index is 781. The topological polar surface area (TPSA) is 82.6 Å². The van der Waals surface area contributed by atoms with Crippen LogP contribution in [0.5, 0.6) is 0 Å². The highest BCUT2D eigenvalue weighted by molar-refractivity contribution is 14.0. The van der Waals surface area contributed by atoms with Crippen molar-refractivity contribution >= 4 is 51.3 Å². The summed E-state index contributed by atoms with van der Waals surface area (Å²) < 4.78 is 26.8. The van der Waals surface area contributed by atoms with Crippen LogP contribution >= 0.6 is 35.3 Å². The van der Waals surface area contributed by atoms with E-state index in [-0.39, 0.29) is 36.3 Å². The summed E-state index contributed by atoms with van der Waals surface area (Å²) >= 11 is 1.73. The normalized spacial score (nSPS) is 12.9.